The second-order valence-corrected chi connectivity index (χ2v) is 8.49. The number of carbonyl (C=O) groups excluding carboxylic acids is 3. The molecule has 0 saturated heterocycles. The molecule has 2 heterocycles. The molecular weight excluding hydrogens is 436 g/mol. The lowest BCUT2D eigenvalue weighted by Gasteiger charge is -2.06. The second-order valence-electron chi connectivity index (χ2n) is 6.59. The normalized spacial score (nSPS) is 11.7. The third-order valence-electron chi connectivity index (χ3n) is 4.37. The number of benzene rings is 2. The van der Waals surface area contributed by atoms with Crippen molar-refractivity contribution in [2.45, 2.75) is 20.4 Å². The minimum Gasteiger partial charge on any atom is -0.465 e. The smallest absolute Gasteiger partial charge is 0.326 e. The monoisotopic (exact) mass is 454 g/mol. The molecule has 10 heteroatoms. The quantitative estimate of drug-likeness (QED) is 0.465. The molecular formula is C21H18N4O4S2. The van der Waals surface area contributed by atoms with Crippen molar-refractivity contribution in [2.75, 3.05) is 11.9 Å². The van der Waals surface area contributed by atoms with E-state index in [2.05, 4.69) is 15.3 Å². The van der Waals surface area contributed by atoms with E-state index in [1.54, 1.807) is 53.4 Å². The first kappa shape index (κ1) is 20.9. The number of nitrogens with one attached hydrogen (secondary N) is 1. The van der Waals surface area contributed by atoms with Gasteiger partial charge in [0.2, 0.25) is 5.91 Å². The largest absolute Gasteiger partial charge is 0.465 e. The zero-order valence-corrected chi connectivity index (χ0v) is 18.4. The van der Waals surface area contributed by atoms with Gasteiger partial charge >= 0.3 is 5.97 Å². The van der Waals surface area contributed by atoms with E-state index in [-0.39, 0.29) is 19.1 Å². The summed E-state index contributed by atoms with van der Waals surface area (Å²) in [6.07, 6.45) is 0. The summed E-state index contributed by atoms with van der Waals surface area (Å²) in [5.74, 6) is -1.02. The summed E-state index contributed by atoms with van der Waals surface area (Å²) in [5.41, 5.74) is 4.33. The summed E-state index contributed by atoms with van der Waals surface area (Å²) in [5, 5.41) is 2.73. The van der Waals surface area contributed by atoms with Crippen LogP contribution in [0.5, 0.6) is 0 Å². The fourth-order valence-corrected chi connectivity index (χ4v) is 4.85. The predicted molar refractivity (Wildman–Crippen MR) is 120 cm³/mol. The number of aromatic nitrogens is 2. The van der Waals surface area contributed by atoms with E-state index in [0.29, 0.717) is 16.1 Å². The minimum absolute atomic E-state index is 0.0761. The molecule has 4 aromatic rings. The molecule has 0 spiro atoms. The third-order valence-corrected chi connectivity index (χ3v) is 6.20. The van der Waals surface area contributed by atoms with Crippen LogP contribution in [0.4, 0.5) is 5.69 Å². The molecule has 2 aromatic carbocycles. The molecule has 0 radical (unpaired) electrons. The summed E-state index contributed by atoms with van der Waals surface area (Å²) < 4.78 is 8.41. The Morgan fingerprint density at radius 1 is 1.16 bits per heavy atom. The summed E-state index contributed by atoms with van der Waals surface area (Å²) in [7, 11) is 0. The number of hydrogen-bond donors (Lipinski definition) is 1. The van der Waals surface area contributed by atoms with Crippen LogP contribution >= 0.6 is 22.7 Å². The molecule has 0 bridgehead atoms. The number of ether oxygens (including phenoxy) is 1. The van der Waals surface area contributed by atoms with Crippen LogP contribution in [-0.4, -0.2) is 33.9 Å². The van der Waals surface area contributed by atoms with Crippen molar-refractivity contribution in [1.82, 2.24) is 9.55 Å². The van der Waals surface area contributed by atoms with Gasteiger partial charge in [-0.15, -0.1) is 11.3 Å². The molecule has 0 aliphatic rings. The van der Waals surface area contributed by atoms with E-state index in [0.717, 1.165) is 20.4 Å². The second kappa shape index (κ2) is 8.78. The van der Waals surface area contributed by atoms with Gasteiger partial charge in [-0.05, 0) is 43.3 Å². The number of esters is 1. The fraction of sp³-hybridized carbons (Fsp3) is 0.190. The zero-order valence-electron chi connectivity index (χ0n) is 16.7. The molecule has 2 amide bonds. The highest BCUT2D eigenvalue weighted by molar-refractivity contribution is 7.17. The lowest BCUT2D eigenvalue weighted by atomic mass is 10.2. The van der Waals surface area contributed by atoms with Crippen molar-refractivity contribution in [3.63, 3.8) is 0 Å². The van der Waals surface area contributed by atoms with Gasteiger partial charge in [0.05, 0.1) is 32.6 Å². The molecule has 2 aromatic heterocycles. The Morgan fingerprint density at radius 3 is 2.77 bits per heavy atom. The number of thiazole rings is 2. The summed E-state index contributed by atoms with van der Waals surface area (Å²) >= 11 is 2.71. The highest BCUT2D eigenvalue weighted by Crippen LogP contribution is 2.23. The molecule has 0 fully saturated rings. The van der Waals surface area contributed by atoms with Crippen LogP contribution in [0.3, 0.4) is 0 Å². The Balaban J connectivity index is 1.80. The number of hydrogen-bond acceptors (Lipinski definition) is 7. The number of anilines is 1. The maximum Gasteiger partial charge on any atom is 0.326 e. The zero-order chi connectivity index (χ0) is 22.0. The number of amides is 2. The Hall–Kier alpha value is -3.37. The van der Waals surface area contributed by atoms with Gasteiger partial charge in [-0.1, -0.05) is 11.3 Å². The Kier molecular flexibility index (Phi) is 5.92. The van der Waals surface area contributed by atoms with Crippen LogP contribution in [0, 0.1) is 0 Å². The molecule has 31 heavy (non-hydrogen) atoms. The van der Waals surface area contributed by atoms with Crippen molar-refractivity contribution in [1.29, 1.82) is 0 Å². The number of nitrogens with zero attached hydrogens (tertiary/aromatic N) is 3. The van der Waals surface area contributed by atoms with E-state index in [1.165, 1.54) is 29.6 Å². The highest BCUT2D eigenvalue weighted by Gasteiger charge is 2.14. The maximum atomic E-state index is 12.9. The van der Waals surface area contributed by atoms with Gasteiger partial charge in [0, 0.05) is 18.2 Å². The first-order valence-electron chi connectivity index (χ1n) is 9.43. The molecule has 0 unspecified atom stereocenters. The minimum atomic E-state index is -0.423. The van der Waals surface area contributed by atoms with Crippen molar-refractivity contribution >= 4 is 66.6 Å². The summed E-state index contributed by atoms with van der Waals surface area (Å²) in [4.78, 5) is 45.3. The van der Waals surface area contributed by atoms with Gasteiger partial charge in [-0.3, -0.25) is 14.4 Å². The van der Waals surface area contributed by atoms with Gasteiger partial charge in [0.15, 0.2) is 4.80 Å². The SMILES string of the molecule is CCOC(=O)Cn1c(=NC(=O)c2ccc3ncsc3c2)sc2cc(NC(C)=O)ccc21. The lowest BCUT2D eigenvalue weighted by Crippen LogP contribution is -2.23. The van der Waals surface area contributed by atoms with Crippen LogP contribution in [0.25, 0.3) is 20.4 Å². The fourth-order valence-electron chi connectivity index (χ4n) is 3.07. The molecule has 158 valence electrons. The Morgan fingerprint density at radius 2 is 2.00 bits per heavy atom. The first-order chi connectivity index (χ1) is 14.9. The molecule has 4 rings (SSSR count). The molecule has 1 N–H and O–H groups in total. The lowest BCUT2D eigenvalue weighted by molar-refractivity contribution is -0.143. The van der Waals surface area contributed by atoms with E-state index in [1.807, 2.05) is 0 Å². The number of fused-ring (bicyclic) bond motifs is 2. The van der Waals surface area contributed by atoms with Crippen molar-refractivity contribution < 1.29 is 19.1 Å². The number of carbonyl (C=O) groups is 3. The third kappa shape index (κ3) is 4.54. The van der Waals surface area contributed by atoms with Crippen molar-refractivity contribution in [3.05, 3.63) is 52.3 Å². The number of rotatable bonds is 5. The highest BCUT2D eigenvalue weighted by atomic mass is 32.1. The van der Waals surface area contributed by atoms with E-state index >= 15 is 0 Å². The molecule has 0 aliphatic carbocycles. The van der Waals surface area contributed by atoms with Gasteiger partial charge in [-0.2, -0.15) is 4.99 Å². The molecule has 0 atom stereocenters. The summed E-state index contributed by atoms with van der Waals surface area (Å²) in [6, 6.07) is 10.5. The van der Waals surface area contributed by atoms with E-state index < -0.39 is 11.9 Å². The van der Waals surface area contributed by atoms with Gasteiger partial charge in [0.1, 0.15) is 6.54 Å². The average molecular weight is 455 g/mol. The van der Waals surface area contributed by atoms with E-state index in [4.69, 9.17) is 4.74 Å². The Bertz CT molecular complexity index is 1380. The predicted octanol–water partition coefficient (Wildman–Crippen LogP) is 3.58. The van der Waals surface area contributed by atoms with Gasteiger partial charge in [0.25, 0.3) is 5.91 Å². The van der Waals surface area contributed by atoms with Crippen LogP contribution in [0.1, 0.15) is 24.2 Å². The van der Waals surface area contributed by atoms with Crippen molar-refractivity contribution in [3.8, 4) is 0 Å². The molecule has 0 aliphatic heterocycles. The first-order valence-corrected chi connectivity index (χ1v) is 11.1. The maximum absolute atomic E-state index is 12.9. The van der Waals surface area contributed by atoms with E-state index in [9.17, 15) is 14.4 Å². The van der Waals surface area contributed by atoms with Crippen molar-refractivity contribution in [2.24, 2.45) is 4.99 Å². The topological polar surface area (TPSA) is 103 Å². The molecule has 0 saturated carbocycles. The van der Waals surface area contributed by atoms with Crippen LogP contribution in [0.15, 0.2) is 46.9 Å². The summed E-state index contributed by atoms with van der Waals surface area (Å²) in [6.45, 7) is 3.35. The van der Waals surface area contributed by atoms with Crippen LogP contribution < -0.4 is 10.1 Å². The standard InChI is InChI=1S/C21H18N4O4S2/c1-3-29-19(27)10-25-16-7-5-14(23-12(2)26)9-18(16)31-21(25)24-20(28)13-4-6-15-17(8-13)30-11-22-15/h4-9,11H,3,10H2,1-2H3,(H,23,26). The van der Waals surface area contributed by atoms with Crippen LogP contribution in [0.2, 0.25) is 0 Å². The van der Waals surface area contributed by atoms with Crippen LogP contribution in [-0.2, 0) is 20.9 Å². The van der Waals surface area contributed by atoms with Gasteiger partial charge < -0.3 is 14.6 Å². The molecule has 8 nitrogen and oxygen atoms in total. The van der Waals surface area contributed by atoms with Gasteiger partial charge in [-0.25, -0.2) is 4.98 Å². The average Bonchev–Trinajstić information content (AvgIpc) is 3.31. The Labute approximate surface area is 184 Å².